The second kappa shape index (κ2) is 7.84. The number of nitrogens with one attached hydrogen (secondary N) is 2. The zero-order chi connectivity index (χ0) is 23.5. The predicted molar refractivity (Wildman–Crippen MR) is 130 cm³/mol. The van der Waals surface area contributed by atoms with E-state index in [-0.39, 0.29) is 23.4 Å². The zero-order valence-electron chi connectivity index (χ0n) is 20.8. The summed E-state index contributed by atoms with van der Waals surface area (Å²) in [6.45, 7) is 13.2. The molecule has 2 aliphatic heterocycles. The zero-order valence-corrected chi connectivity index (χ0v) is 20.8. The van der Waals surface area contributed by atoms with Gasteiger partial charge in [-0.15, -0.1) is 0 Å². The number of aryl methyl sites for hydroxylation is 1. The van der Waals surface area contributed by atoms with E-state index < -0.39 is 5.54 Å². The number of nitrogens with zero attached hydrogens (tertiary/aromatic N) is 3. The topological polar surface area (TPSA) is 77.0 Å². The summed E-state index contributed by atoms with van der Waals surface area (Å²) in [6, 6.07) is 2.45. The molecule has 0 bridgehead atoms. The van der Waals surface area contributed by atoms with Gasteiger partial charge in [0.25, 0.3) is 0 Å². The van der Waals surface area contributed by atoms with E-state index in [1.165, 1.54) is 16.8 Å². The minimum absolute atomic E-state index is 0.0411. The van der Waals surface area contributed by atoms with Crippen molar-refractivity contribution >= 4 is 12.0 Å². The molecule has 4 heterocycles. The van der Waals surface area contributed by atoms with E-state index in [4.69, 9.17) is 4.74 Å². The lowest BCUT2D eigenvalue weighted by atomic mass is 9.88. The van der Waals surface area contributed by atoms with Gasteiger partial charge in [0, 0.05) is 37.0 Å². The maximum Gasteiger partial charge on any atom is 0.244 e. The fourth-order valence-electron chi connectivity index (χ4n) is 5.50. The summed E-state index contributed by atoms with van der Waals surface area (Å²) < 4.78 is 5.59. The second-order valence-corrected chi connectivity index (χ2v) is 11.3. The van der Waals surface area contributed by atoms with Crippen molar-refractivity contribution in [1.82, 2.24) is 25.0 Å². The number of rotatable bonds is 5. The van der Waals surface area contributed by atoms with Crippen molar-refractivity contribution in [2.24, 2.45) is 5.41 Å². The number of aromatic amines is 2. The van der Waals surface area contributed by atoms with Crippen molar-refractivity contribution in [3.05, 3.63) is 34.7 Å². The predicted octanol–water partition coefficient (Wildman–Crippen LogP) is 3.56. The lowest BCUT2D eigenvalue weighted by Gasteiger charge is -2.30. The molecular formula is C26H37N5O2. The summed E-state index contributed by atoms with van der Waals surface area (Å²) in [4.78, 5) is 21.2. The first kappa shape index (κ1) is 22.4. The fraction of sp³-hybridized carbons (Fsp3) is 0.615. The smallest absolute Gasteiger partial charge is 0.244 e. The molecule has 1 aliphatic carbocycles. The van der Waals surface area contributed by atoms with Gasteiger partial charge in [-0.1, -0.05) is 32.9 Å². The Morgan fingerprint density at radius 3 is 2.88 bits per heavy atom. The van der Waals surface area contributed by atoms with Crippen LogP contribution in [0, 0.1) is 12.3 Å². The Balaban J connectivity index is 1.32. The Labute approximate surface area is 196 Å². The number of carbonyl (C=O) groups is 1. The minimum atomic E-state index is -0.422. The van der Waals surface area contributed by atoms with Gasteiger partial charge < -0.3 is 14.6 Å². The molecular weight excluding hydrogens is 414 g/mol. The maximum atomic E-state index is 13.4. The first-order valence-electron chi connectivity index (χ1n) is 12.2. The number of H-pyrrole nitrogens is 2. The summed E-state index contributed by atoms with van der Waals surface area (Å²) in [6.07, 6.45) is 7.20. The van der Waals surface area contributed by atoms with Gasteiger partial charge in [0.2, 0.25) is 5.91 Å². The Morgan fingerprint density at radius 2 is 2.18 bits per heavy atom. The van der Waals surface area contributed by atoms with Crippen LogP contribution in [0.1, 0.15) is 56.6 Å². The number of fused-ring (bicyclic) bond motifs is 2. The van der Waals surface area contributed by atoms with Crippen LogP contribution >= 0.6 is 0 Å². The highest BCUT2D eigenvalue weighted by Crippen LogP contribution is 2.44. The SMILES string of the molecule is Cc1[nH]nc(-c2cc3c([nH]2)CC(N(C)C(=O)C2(C)C4COCCN42)C=C3)c1CCC(C)(C)C. The molecule has 1 amide bonds. The van der Waals surface area contributed by atoms with Crippen molar-refractivity contribution in [1.29, 1.82) is 0 Å². The molecule has 4 unspecified atom stereocenters. The van der Waals surface area contributed by atoms with Gasteiger partial charge in [-0.3, -0.25) is 14.8 Å². The Hall–Kier alpha value is -2.38. The molecule has 178 valence electrons. The highest BCUT2D eigenvalue weighted by molar-refractivity contribution is 5.91. The number of hydrogen-bond donors (Lipinski definition) is 2. The normalized spacial score (nSPS) is 28.4. The molecule has 33 heavy (non-hydrogen) atoms. The van der Waals surface area contributed by atoms with E-state index >= 15 is 0 Å². The number of hydrogen-bond acceptors (Lipinski definition) is 4. The minimum Gasteiger partial charge on any atom is -0.378 e. The fourth-order valence-corrected chi connectivity index (χ4v) is 5.50. The van der Waals surface area contributed by atoms with E-state index in [1.54, 1.807) is 0 Å². The van der Waals surface area contributed by atoms with Gasteiger partial charge in [-0.25, -0.2) is 0 Å². The van der Waals surface area contributed by atoms with E-state index in [9.17, 15) is 4.79 Å². The van der Waals surface area contributed by atoms with Crippen molar-refractivity contribution in [3.8, 4) is 11.4 Å². The maximum absolute atomic E-state index is 13.4. The third kappa shape index (κ3) is 3.85. The number of aromatic nitrogens is 3. The van der Waals surface area contributed by atoms with Crippen LogP contribution in [0.3, 0.4) is 0 Å². The number of amides is 1. The summed E-state index contributed by atoms with van der Waals surface area (Å²) in [7, 11) is 1.94. The number of likely N-dealkylation sites (N-methyl/N-ethyl adjacent to an activating group) is 1. The van der Waals surface area contributed by atoms with E-state index in [2.05, 4.69) is 72.9 Å². The molecule has 2 fully saturated rings. The monoisotopic (exact) mass is 451 g/mol. The molecule has 2 N–H and O–H groups in total. The third-order valence-electron chi connectivity index (χ3n) is 7.86. The molecule has 0 radical (unpaired) electrons. The number of carbonyl (C=O) groups excluding carboxylic acids is 1. The van der Waals surface area contributed by atoms with Crippen LogP contribution in [0.25, 0.3) is 17.5 Å². The van der Waals surface area contributed by atoms with Crippen molar-refractivity contribution < 1.29 is 9.53 Å². The van der Waals surface area contributed by atoms with Crippen molar-refractivity contribution in [2.75, 3.05) is 26.8 Å². The molecule has 0 spiro atoms. The molecule has 0 saturated carbocycles. The van der Waals surface area contributed by atoms with Gasteiger partial charge in [-0.05, 0) is 43.7 Å². The lowest BCUT2D eigenvalue weighted by molar-refractivity contribution is -0.134. The largest absolute Gasteiger partial charge is 0.378 e. The number of morpholine rings is 1. The molecule has 3 aliphatic rings. The van der Waals surface area contributed by atoms with Crippen molar-refractivity contribution in [2.45, 2.75) is 71.5 Å². The van der Waals surface area contributed by atoms with Gasteiger partial charge in [-0.2, -0.15) is 5.10 Å². The van der Waals surface area contributed by atoms with Crippen LogP contribution in [-0.2, 0) is 22.4 Å². The molecule has 5 rings (SSSR count). The highest BCUT2D eigenvalue weighted by atomic mass is 16.5. The molecule has 2 saturated heterocycles. The molecule has 7 heteroatoms. The van der Waals surface area contributed by atoms with Gasteiger partial charge in [0.1, 0.15) is 11.2 Å². The van der Waals surface area contributed by atoms with Gasteiger partial charge in [0.05, 0.1) is 31.0 Å². The van der Waals surface area contributed by atoms with E-state index in [0.717, 1.165) is 42.9 Å². The number of ether oxygens (including phenoxy) is 1. The summed E-state index contributed by atoms with van der Waals surface area (Å²) in [5.41, 5.74) is 6.71. The van der Waals surface area contributed by atoms with Crippen LogP contribution < -0.4 is 0 Å². The molecule has 2 aromatic rings. The molecule has 7 nitrogen and oxygen atoms in total. The molecule has 2 aromatic heterocycles. The van der Waals surface area contributed by atoms with Crippen LogP contribution in [0.2, 0.25) is 0 Å². The Kier molecular flexibility index (Phi) is 5.33. The first-order chi connectivity index (χ1) is 15.6. The summed E-state index contributed by atoms with van der Waals surface area (Å²) >= 11 is 0. The average Bonchev–Trinajstić information content (AvgIpc) is 3.06. The lowest BCUT2D eigenvalue weighted by Crippen LogP contribution is -2.46. The Morgan fingerprint density at radius 1 is 1.39 bits per heavy atom. The Bertz CT molecular complexity index is 1080. The van der Waals surface area contributed by atoms with Crippen LogP contribution in [-0.4, -0.2) is 75.3 Å². The van der Waals surface area contributed by atoms with Gasteiger partial charge in [0.15, 0.2) is 0 Å². The first-order valence-corrected chi connectivity index (χ1v) is 12.2. The van der Waals surface area contributed by atoms with Gasteiger partial charge >= 0.3 is 0 Å². The van der Waals surface area contributed by atoms with Crippen LogP contribution in [0.15, 0.2) is 12.1 Å². The summed E-state index contributed by atoms with van der Waals surface area (Å²) in [5.74, 6) is 0.190. The standard InChI is InChI=1S/C26H37N5O2/c1-16-19(9-10-25(2,3)4)23(29-28-16)21-13-17-7-8-18(14-20(17)27-21)30(6)24(32)26(5)22-15-33-12-11-31(22)26/h7-8,13,18,22,27H,9-12,14-15H2,1-6H3,(H,28,29). The second-order valence-electron chi connectivity index (χ2n) is 11.3. The third-order valence-corrected chi connectivity index (χ3v) is 7.86. The highest BCUT2D eigenvalue weighted by Gasteiger charge is 2.66. The van der Waals surface area contributed by atoms with Crippen molar-refractivity contribution in [3.63, 3.8) is 0 Å². The van der Waals surface area contributed by atoms with Crippen LogP contribution in [0.4, 0.5) is 0 Å². The summed E-state index contributed by atoms with van der Waals surface area (Å²) in [5, 5.41) is 7.82. The van der Waals surface area contributed by atoms with E-state index in [1.807, 2.05) is 11.9 Å². The van der Waals surface area contributed by atoms with Crippen LogP contribution in [0.5, 0.6) is 0 Å². The van der Waals surface area contributed by atoms with E-state index in [0.29, 0.717) is 13.2 Å². The average molecular weight is 452 g/mol. The molecule has 4 atom stereocenters. The molecule has 0 aromatic carbocycles. The quantitative estimate of drug-likeness (QED) is 0.682.